The Morgan fingerprint density at radius 3 is 1.79 bits per heavy atom. The van der Waals surface area contributed by atoms with Gasteiger partial charge in [-0.1, -0.05) is 30.0 Å². The number of anilines is 2. The van der Waals surface area contributed by atoms with Crippen molar-refractivity contribution in [2.24, 2.45) is 22.9 Å². The normalized spacial score (nSPS) is 9.48. The second kappa shape index (κ2) is 11.7. The summed E-state index contributed by atoms with van der Waals surface area (Å²) >= 11 is 5.48. The molecule has 2 aromatic heterocycles. The minimum Gasteiger partial charge on any atom is -0.366 e. The van der Waals surface area contributed by atoms with E-state index in [-0.39, 0.29) is 11.1 Å². The van der Waals surface area contributed by atoms with E-state index < -0.39 is 23.9 Å². The van der Waals surface area contributed by atoms with Gasteiger partial charge >= 0.3 is 12.1 Å². The summed E-state index contributed by atoms with van der Waals surface area (Å²) in [6.45, 7) is 0. The lowest BCUT2D eigenvalue weighted by Gasteiger charge is -1.98. The van der Waals surface area contributed by atoms with E-state index in [1.54, 1.807) is 0 Å². The molecule has 3 aromatic rings. The number of urea groups is 2. The Morgan fingerprint density at radius 2 is 1.27 bits per heavy atom. The second-order valence-corrected chi connectivity index (χ2v) is 9.45. The number of nitrogens with two attached hydrogens (primary N) is 4. The largest absolute Gasteiger partial charge is 0.366 e. The molecule has 10 N–H and O–H groups in total. The van der Waals surface area contributed by atoms with Crippen molar-refractivity contribution in [1.29, 1.82) is 0 Å². The molecule has 0 saturated heterocycles. The molecule has 10 nitrogen and oxygen atoms in total. The summed E-state index contributed by atoms with van der Waals surface area (Å²) in [5, 5.41) is 5.33. The number of primary amides is 4. The van der Waals surface area contributed by atoms with E-state index in [1.165, 1.54) is 23.5 Å². The van der Waals surface area contributed by atoms with E-state index in [0.717, 1.165) is 16.9 Å². The fourth-order valence-corrected chi connectivity index (χ4v) is 4.67. The van der Waals surface area contributed by atoms with Crippen LogP contribution in [0.3, 0.4) is 0 Å². The highest BCUT2D eigenvalue weighted by atomic mass is 79.9. The third-order valence-corrected chi connectivity index (χ3v) is 6.06. The van der Waals surface area contributed by atoms with E-state index in [0.29, 0.717) is 18.7 Å². The summed E-state index contributed by atoms with van der Waals surface area (Å²) in [6, 6.07) is 11.0. The molecule has 0 atom stereocenters. The van der Waals surface area contributed by atoms with Crippen LogP contribution in [0.25, 0.3) is 0 Å². The maximum atomic E-state index is 11.3. The van der Waals surface area contributed by atoms with Gasteiger partial charge in [-0.2, -0.15) is 0 Å². The maximum Gasteiger partial charge on any atom is 0.317 e. The summed E-state index contributed by atoms with van der Waals surface area (Å²) < 4.78 is 0.699. The highest BCUT2D eigenvalue weighted by molar-refractivity contribution is 9.11. The van der Waals surface area contributed by atoms with Crippen molar-refractivity contribution in [2.75, 3.05) is 10.6 Å². The number of benzene rings is 1. The first-order chi connectivity index (χ1) is 15.6. The zero-order valence-corrected chi connectivity index (χ0v) is 19.9. The van der Waals surface area contributed by atoms with Gasteiger partial charge in [-0.25, -0.2) is 9.59 Å². The van der Waals surface area contributed by atoms with Crippen molar-refractivity contribution in [3.05, 3.63) is 67.8 Å². The number of hydrogen-bond acceptors (Lipinski definition) is 6. The monoisotopic (exact) mass is 548 g/mol. The van der Waals surface area contributed by atoms with Gasteiger partial charge in [0.25, 0.3) is 11.8 Å². The number of rotatable bonds is 4. The van der Waals surface area contributed by atoms with Gasteiger partial charge in [-0.15, -0.1) is 22.7 Å². The van der Waals surface area contributed by atoms with E-state index in [9.17, 15) is 19.2 Å². The van der Waals surface area contributed by atoms with Crippen LogP contribution < -0.4 is 33.6 Å². The smallest absolute Gasteiger partial charge is 0.317 e. The minimum absolute atomic E-state index is 0.200. The minimum atomic E-state index is -0.753. The molecule has 2 heterocycles. The van der Waals surface area contributed by atoms with Crippen LogP contribution in [0, 0.1) is 11.8 Å². The summed E-state index contributed by atoms with van der Waals surface area (Å²) in [4.78, 5) is 44.1. The first kappa shape index (κ1) is 25.4. The predicted octanol–water partition coefficient (Wildman–Crippen LogP) is 2.84. The lowest BCUT2D eigenvalue weighted by molar-refractivity contribution is 0.0993. The number of carbonyl (C=O) groups excluding carboxylic acids is 4. The number of carbonyl (C=O) groups is 4. The molecule has 0 aliphatic carbocycles. The van der Waals surface area contributed by atoms with E-state index in [1.807, 2.05) is 30.3 Å². The summed E-state index contributed by atoms with van der Waals surface area (Å²) in [5.41, 5.74) is 21.5. The number of thiophene rings is 2. The average Bonchev–Trinajstić information content (AvgIpc) is 3.30. The van der Waals surface area contributed by atoms with E-state index in [2.05, 4.69) is 38.4 Å². The Kier molecular flexibility index (Phi) is 8.98. The predicted molar refractivity (Wildman–Crippen MR) is 132 cm³/mol. The van der Waals surface area contributed by atoms with Crippen molar-refractivity contribution in [3.63, 3.8) is 0 Å². The van der Waals surface area contributed by atoms with Crippen LogP contribution in [-0.4, -0.2) is 23.9 Å². The molecule has 1 aromatic carbocycles. The number of nitrogens with one attached hydrogen (secondary N) is 2. The van der Waals surface area contributed by atoms with Gasteiger partial charge < -0.3 is 22.9 Å². The Hall–Kier alpha value is -3.86. The summed E-state index contributed by atoms with van der Waals surface area (Å²) in [7, 11) is 0. The van der Waals surface area contributed by atoms with Crippen LogP contribution in [0.15, 0.2) is 46.3 Å². The topological polar surface area (TPSA) is 196 Å². The molecular weight excluding hydrogens is 532 g/mol. The first-order valence-electron chi connectivity index (χ1n) is 8.79. The molecule has 33 heavy (non-hydrogen) atoms. The van der Waals surface area contributed by atoms with Gasteiger partial charge in [0, 0.05) is 5.56 Å². The first-order valence-corrected chi connectivity index (χ1v) is 11.2. The molecule has 0 aliphatic rings. The van der Waals surface area contributed by atoms with Gasteiger partial charge in [0.2, 0.25) is 0 Å². The van der Waals surface area contributed by atoms with E-state index >= 15 is 0 Å². The highest BCUT2D eigenvalue weighted by Crippen LogP contribution is 2.31. The zero-order chi connectivity index (χ0) is 24.5. The van der Waals surface area contributed by atoms with Crippen LogP contribution in [0.5, 0.6) is 0 Å². The SMILES string of the molecule is NC(=O)Nc1sc(Br)cc1C(N)=O.NC(=O)Nc1sc(C#Cc2ccccc2)cc1C(N)=O. The van der Waals surface area contributed by atoms with Gasteiger partial charge in [0.05, 0.1) is 19.8 Å². The van der Waals surface area contributed by atoms with Crippen LogP contribution in [0.2, 0.25) is 0 Å². The van der Waals surface area contributed by atoms with Crippen molar-refractivity contribution < 1.29 is 19.2 Å². The Bertz CT molecular complexity index is 1260. The lowest BCUT2D eigenvalue weighted by Crippen LogP contribution is -2.21. The zero-order valence-electron chi connectivity index (χ0n) is 16.7. The van der Waals surface area contributed by atoms with Crippen LogP contribution >= 0.6 is 38.6 Å². The molecule has 0 bridgehead atoms. The van der Waals surface area contributed by atoms with Crippen LogP contribution in [0.4, 0.5) is 19.6 Å². The quantitative estimate of drug-likeness (QED) is 0.272. The standard InChI is InChI=1S/C14H11N3O2S.C6H6BrN3O2S/c15-12(18)11-8-10(20-13(11)17-14(16)19)7-6-9-4-2-1-3-5-9;7-3-1-2(4(8)11)5(13-3)10-6(9)12/h1-5,8H,(H2,15,18)(H3,16,17,19);1H,(H2,8,11)(H3,9,10,12). The summed E-state index contributed by atoms with van der Waals surface area (Å²) in [5.74, 6) is 4.63. The molecule has 0 spiro atoms. The highest BCUT2D eigenvalue weighted by Gasteiger charge is 2.14. The van der Waals surface area contributed by atoms with Crippen LogP contribution in [0.1, 0.15) is 31.2 Å². The van der Waals surface area contributed by atoms with Crippen molar-refractivity contribution in [1.82, 2.24) is 0 Å². The number of amides is 6. The second-order valence-electron chi connectivity index (χ2n) is 5.97. The third kappa shape index (κ3) is 7.96. The molecule has 0 unspecified atom stereocenters. The molecule has 0 fully saturated rings. The number of halogens is 1. The molecule has 0 aliphatic heterocycles. The Balaban J connectivity index is 0.000000257. The molecule has 13 heteroatoms. The molecule has 6 amide bonds. The van der Waals surface area contributed by atoms with Crippen molar-refractivity contribution >= 4 is 72.5 Å². The molecule has 0 saturated carbocycles. The van der Waals surface area contributed by atoms with Gasteiger partial charge in [0.15, 0.2) is 0 Å². The Morgan fingerprint density at radius 1 is 0.758 bits per heavy atom. The van der Waals surface area contributed by atoms with Gasteiger partial charge in [-0.05, 0) is 40.2 Å². The van der Waals surface area contributed by atoms with Crippen molar-refractivity contribution in [3.8, 4) is 11.8 Å². The molecule has 3 rings (SSSR count). The lowest BCUT2D eigenvalue weighted by atomic mass is 10.2. The molecule has 170 valence electrons. The number of hydrogen-bond donors (Lipinski definition) is 6. The molecular formula is C20H17BrN6O4S2. The fourth-order valence-electron chi connectivity index (χ4n) is 2.24. The Labute approximate surface area is 204 Å². The van der Waals surface area contributed by atoms with Gasteiger partial charge in [0.1, 0.15) is 10.0 Å². The third-order valence-electron chi connectivity index (χ3n) is 3.54. The fraction of sp³-hybridized carbons (Fsp3) is 0. The van der Waals surface area contributed by atoms with Crippen molar-refractivity contribution in [2.45, 2.75) is 0 Å². The van der Waals surface area contributed by atoms with Crippen LogP contribution in [-0.2, 0) is 0 Å². The van der Waals surface area contributed by atoms with E-state index in [4.69, 9.17) is 22.9 Å². The average molecular weight is 549 g/mol. The maximum absolute atomic E-state index is 11.3. The van der Waals surface area contributed by atoms with Gasteiger partial charge in [-0.3, -0.25) is 20.2 Å². The summed E-state index contributed by atoms with van der Waals surface area (Å²) in [6.07, 6.45) is 0. The molecule has 0 radical (unpaired) electrons.